The smallest absolute Gasteiger partial charge is 0.273 e. The maximum atomic E-state index is 12.8. The molecule has 3 rings (SSSR count). The fraction of sp³-hybridized carbons (Fsp3) is 0.438. The van der Waals surface area contributed by atoms with Gasteiger partial charge in [0.15, 0.2) is 0 Å². The molecule has 0 spiro atoms. The summed E-state index contributed by atoms with van der Waals surface area (Å²) in [5.41, 5.74) is 3.69. The second kappa shape index (κ2) is 5.31. The number of likely N-dealkylation sites (tertiary alicyclic amines) is 1. The van der Waals surface area contributed by atoms with Crippen molar-refractivity contribution in [1.29, 1.82) is 0 Å². The van der Waals surface area contributed by atoms with Crippen LogP contribution in [0.1, 0.15) is 46.1 Å². The standard InChI is InChI=1S/C16H20N4O/c1-11-7-12(2)15(17-8-11)16(21)20-6-4-5-14(20)13-9-18-19(3)10-13/h7-10,14H,4-6H2,1-3H3. The van der Waals surface area contributed by atoms with E-state index >= 15 is 0 Å². The van der Waals surface area contributed by atoms with E-state index in [1.165, 1.54) is 0 Å². The second-order valence-electron chi connectivity index (χ2n) is 5.78. The van der Waals surface area contributed by atoms with Crippen molar-refractivity contribution in [2.45, 2.75) is 32.7 Å². The number of aryl methyl sites for hydroxylation is 3. The lowest BCUT2D eigenvalue weighted by Gasteiger charge is -2.24. The van der Waals surface area contributed by atoms with Crippen molar-refractivity contribution < 1.29 is 4.79 Å². The van der Waals surface area contributed by atoms with Crippen molar-refractivity contribution in [1.82, 2.24) is 19.7 Å². The third-order valence-corrected chi connectivity index (χ3v) is 4.04. The van der Waals surface area contributed by atoms with Crippen LogP contribution in [0.2, 0.25) is 0 Å². The zero-order valence-corrected chi connectivity index (χ0v) is 12.7. The molecule has 0 N–H and O–H groups in total. The first-order valence-electron chi connectivity index (χ1n) is 7.29. The molecule has 1 unspecified atom stereocenters. The Morgan fingerprint density at radius 3 is 2.81 bits per heavy atom. The summed E-state index contributed by atoms with van der Waals surface area (Å²) in [5.74, 6) is 0.0267. The molecular weight excluding hydrogens is 264 g/mol. The fourth-order valence-electron chi connectivity index (χ4n) is 3.04. The number of rotatable bonds is 2. The van der Waals surface area contributed by atoms with Crippen LogP contribution in [0.4, 0.5) is 0 Å². The Morgan fingerprint density at radius 1 is 1.33 bits per heavy atom. The van der Waals surface area contributed by atoms with E-state index in [-0.39, 0.29) is 11.9 Å². The van der Waals surface area contributed by atoms with Crippen molar-refractivity contribution >= 4 is 5.91 Å². The van der Waals surface area contributed by atoms with Crippen molar-refractivity contribution in [3.8, 4) is 0 Å². The van der Waals surface area contributed by atoms with Gasteiger partial charge in [0.05, 0.1) is 12.2 Å². The summed E-state index contributed by atoms with van der Waals surface area (Å²) in [6.45, 7) is 4.72. The van der Waals surface area contributed by atoms with Crippen LogP contribution >= 0.6 is 0 Å². The Hall–Kier alpha value is -2.17. The highest BCUT2D eigenvalue weighted by atomic mass is 16.2. The van der Waals surface area contributed by atoms with E-state index in [1.54, 1.807) is 10.9 Å². The van der Waals surface area contributed by atoms with Crippen LogP contribution in [0.15, 0.2) is 24.7 Å². The topological polar surface area (TPSA) is 51.0 Å². The van der Waals surface area contributed by atoms with Gasteiger partial charge in [-0.25, -0.2) is 0 Å². The monoisotopic (exact) mass is 284 g/mol. The number of pyridine rings is 1. The van der Waals surface area contributed by atoms with Gasteiger partial charge < -0.3 is 4.90 Å². The fourth-order valence-corrected chi connectivity index (χ4v) is 3.04. The van der Waals surface area contributed by atoms with Crippen LogP contribution in [0, 0.1) is 13.8 Å². The molecule has 1 fully saturated rings. The van der Waals surface area contributed by atoms with Gasteiger partial charge in [0, 0.05) is 31.5 Å². The molecule has 5 nitrogen and oxygen atoms in total. The van der Waals surface area contributed by atoms with Gasteiger partial charge in [0.2, 0.25) is 0 Å². The zero-order chi connectivity index (χ0) is 15.0. The number of carbonyl (C=O) groups excluding carboxylic acids is 1. The number of carbonyl (C=O) groups is 1. The third-order valence-electron chi connectivity index (χ3n) is 4.04. The lowest BCUT2D eigenvalue weighted by atomic mass is 10.1. The number of hydrogen-bond donors (Lipinski definition) is 0. The summed E-state index contributed by atoms with van der Waals surface area (Å²) in [7, 11) is 1.90. The third kappa shape index (κ3) is 2.55. The van der Waals surface area contributed by atoms with Gasteiger partial charge in [-0.3, -0.25) is 14.5 Å². The molecule has 0 aliphatic carbocycles. The molecule has 1 saturated heterocycles. The molecular formula is C16H20N4O. The summed E-state index contributed by atoms with van der Waals surface area (Å²) >= 11 is 0. The van der Waals surface area contributed by atoms with E-state index in [4.69, 9.17) is 0 Å². The van der Waals surface area contributed by atoms with Gasteiger partial charge in [-0.2, -0.15) is 5.10 Å². The van der Waals surface area contributed by atoms with E-state index in [0.29, 0.717) is 5.69 Å². The molecule has 0 radical (unpaired) electrons. The first-order valence-corrected chi connectivity index (χ1v) is 7.29. The molecule has 0 saturated carbocycles. The molecule has 5 heteroatoms. The predicted octanol–water partition coefficient (Wildman–Crippen LogP) is 2.41. The molecule has 1 aliphatic rings. The number of aromatic nitrogens is 3. The summed E-state index contributed by atoms with van der Waals surface area (Å²) < 4.78 is 1.78. The molecule has 0 aromatic carbocycles. The molecule has 110 valence electrons. The number of nitrogens with zero attached hydrogens (tertiary/aromatic N) is 4. The Morgan fingerprint density at radius 2 is 2.14 bits per heavy atom. The molecule has 1 atom stereocenters. The lowest BCUT2D eigenvalue weighted by Crippen LogP contribution is -2.31. The molecule has 1 aliphatic heterocycles. The van der Waals surface area contributed by atoms with Gasteiger partial charge in [0.1, 0.15) is 5.69 Å². The minimum absolute atomic E-state index is 0.0267. The van der Waals surface area contributed by atoms with Crippen LogP contribution in [0.5, 0.6) is 0 Å². The van der Waals surface area contributed by atoms with Gasteiger partial charge in [0.25, 0.3) is 5.91 Å². The molecule has 2 aromatic rings. The van der Waals surface area contributed by atoms with Crippen LogP contribution in [-0.2, 0) is 7.05 Å². The first-order chi connectivity index (χ1) is 10.1. The second-order valence-corrected chi connectivity index (χ2v) is 5.78. The summed E-state index contributed by atoms with van der Waals surface area (Å²) in [6.07, 6.45) is 7.62. The van der Waals surface area contributed by atoms with Gasteiger partial charge in [-0.1, -0.05) is 6.07 Å². The molecule has 1 amide bonds. The van der Waals surface area contributed by atoms with Crippen molar-refractivity contribution in [2.75, 3.05) is 6.54 Å². The summed E-state index contributed by atoms with van der Waals surface area (Å²) in [6, 6.07) is 2.13. The average Bonchev–Trinajstić information content (AvgIpc) is 3.06. The van der Waals surface area contributed by atoms with Crippen molar-refractivity contribution in [3.63, 3.8) is 0 Å². The highest BCUT2D eigenvalue weighted by Crippen LogP contribution is 2.32. The molecule has 3 heterocycles. The first kappa shape index (κ1) is 13.8. The lowest BCUT2D eigenvalue weighted by molar-refractivity contribution is 0.0729. The predicted molar refractivity (Wildman–Crippen MR) is 79.9 cm³/mol. The van der Waals surface area contributed by atoms with E-state index in [1.807, 2.05) is 44.3 Å². The molecule has 2 aromatic heterocycles. The Balaban J connectivity index is 1.89. The summed E-state index contributed by atoms with van der Waals surface area (Å²) in [5, 5.41) is 4.22. The number of hydrogen-bond acceptors (Lipinski definition) is 3. The average molecular weight is 284 g/mol. The van der Waals surface area contributed by atoms with Crippen molar-refractivity contribution in [3.05, 3.63) is 47.0 Å². The van der Waals surface area contributed by atoms with Crippen molar-refractivity contribution in [2.24, 2.45) is 7.05 Å². The van der Waals surface area contributed by atoms with Crippen LogP contribution in [0.3, 0.4) is 0 Å². The molecule has 21 heavy (non-hydrogen) atoms. The van der Waals surface area contributed by atoms with Gasteiger partial charge in [-0.15, -0.1) is 0 Å². The SMILES string of the molecule is Cc1cnc(C(=O)N2CCCC2c2cnn(C)c2)c(C)c1. The normalized spacial score (nSPS) is 18.2. The Kier molecular flexibility index (Phi) is 3.49. The zero-order valence-electron chi connectivity index (χ0n) is 12.7. The minimum atomic E-state index is 0.0267. The van der Waals surface area contributed by atoms with E-state index in [2.05, 4.69) is 10.1 Å². The van der Waals surface area contributed by atoms with E-state index < -0.39 is 0 Å². The van der Waals surface area contributed by atoms with Crippen LogP contribution in [-0.4, -0.2) is 32.1 Å². The van der Waals surface area contributed by atoms with E-state index in [0.717, 1.165) is 36.1 Å². The quantitative estimate of drug-likeness (QED) is 0.851. The summed E-state index contributed by atoms with van der Waals surface area (Å²) in [4.78, 5) is 19.1. The number of amides is 1. The van der Waals surface area contributed by atoms with Gasteiger partial charge in [-0.05, 0) is 37.8 Å². The highest BCUT2D eigenvalue weighted by Gasteiger charge is 2.32. The Labute approximate surface area is 124 Å². The largest absolute Gasteiger partial charge is 0.330 e. The minimum Gasteiger partial charge on any atom is -0.330 e. The maximum absolute atomic E-state index is 12.8. The van der Waals surface area contributed by atoms with Crippen LogP contribution < -0.4 is 0 Å². The highest BCUT2D eigenvalue weighted by molar-refractivity contribution is 5.94. The van der Waals surface area contributed by atoms with E-state index in [9.17, 15) is 4.79 Å². The maximum Gasteiger partial charge on any atom is 0.273 e. The van der Waals surface area contributed by atoms with Gasteiger partial charge >= 0.3 is 0 Å². The molecule has 0 bridgehead atoms. The Bertz CT molecular complexity index is 677. The van der Waals surface area contributed by atoms with Crippen LogP contribution in [0.25, 0.3) is 0 Å².